The van der Waals surface area contributed by atoms with E-state index in [1.165, 1.54) is 4.31 Å². The summed E-state index contributed by atoms with van der Waals surface area (Å²) >= 11 is 1.54. The zero-order valence-electron chi connectivity index (χ0n) is 14.6. The summed E-state index contributed by atoms with van der Waals surface area (Å²) in [4.78, 5) is 13.0. The highest BCUT2D eigenvalue weighted by atomic mass is 32.2. The van der Waals surface area contributed by atoms with Gasteiger partial charge in [-0.2, -0.15) is 4.31 Å². The van der Waals surface area contributed by atoms with Gasteiger partial charge in [0.05, 0.1) is 5.92 Å². The molecule has 0 radical (unpaired) electrons. The van der Waals surface area contributed by atoms with Gasteiger partial charge in [0.1, 0.15) is 5.69 Å². The molecule has 9 heteroatoms. The Morgan fingerprint density at radius 2 is 2.27 bits per heavy atom. The largest absolute Gasteiger partial charge is 0.359 e. The summed E-state index contributed by atoms with van der Waals surface area (Å²) in [6.45, 7) is 2.16. The van der Waals surface area contributed by atoms with Crippen LogP contribution in [0.4, 0.5) is 0 Å². The second-order valence-electron chi connectivity index (χ2n) is 6.13. The van der Waals surface area contributed by atoms with Crippen LogP contribution >= 0.6 is 11.3 Å². The maximum Gasteiger partial charge on any atom is 0.248 e. The van der Waals surface area contributed by atoms with E-state index >= 15 is 0 Å². The van der Waals surface area contributed by atoms with Crippen molar-refractivity contribution in [1.82, 2.24) is 14.8 Å². The summed E-state index contributed by atoms with van der Waals surface area (Å²) in [5.41, 5.74) is 0.317. The van der Waals surface area contributed by atoms with Crippen molar-refractivity contribution < 1.29 is 17.7 Å². The van der Waals surface area contributed by atoms with Crippen LogP contribution in [0, 0.1) is 12.8 Å². The lowest BCUT2D eigenvalue weighted by atomic mass is 9.99. The fourth-order valence-electron chi connectivity index (χ4n) is 3.05. The Kier molecular flexibility index (Phi) is 5.59. The van der Waals surface area contributed by atoms with Crippen LogP contribution in [0.15, 0.2) is 26.9 Å². The van der Waals surface area contributed by atoms with Crippen LogP contribution in [0.25, 0.3) is 12.2 Å². The second kappa shape index (κ2) is 7.73. The quantitative estimate of drug-likeness (QED) is 0.839. The van der Waals surface area contributed by atoms with Crippen LogP contribution in [0.1, 0.15) is 29.2 Å². The van der Waals surface area contributed by atoms with Gasteiger partial charge in [-0.1, -0.05) is 11.2 Å². The molecule has 2 aromatic rings. The lowest BCUT2D eigenvalue weighted by molar-refractivity contribution is -0.125. The summed E-state index contributed by atoms with van der Waals surface area (Å²) in [7, 11) is -2.23. The number of aromatic nitrogens is 1. The molecule has 7 nitrogen and oxygen atoms in total. The Hall–Kier alpha value is -1.97. The summed E-state index contributed by atoms with van der Waals surface area (Å²) in [6.07, 6.45) is 4.74. The van der Waals surface area contributed by atoms with Crippen molar-refractivity contribution in [2.45, 2.75) is 24.7 Å². The average molecular weight is 396 g/mol. The summed E-state index contributed by atoms with van der Waals surface area (Å²) in [5, 5.41) is 8.38. The zero-order valence-corrected chi connectivity index (χ0v) is 16.3. The van der Waals surface area contributed by atoms with Gasteiger partial charge in [-0.3, -0.25) is 4.79 Å². The van der Waals surface area contributed by atoms with E-state index in [2.05, 4.69) is 10.5 Å². The highest BCUT2D eigenvalue weighted by Crippen LogP contribution is 2.29. The number of hydrogen-bond donors (Lipinski definition) is 1. The van der Waals surface area contributed by atoms with Gasteiger partial charge >= 0.3 is 0 Å². The first-order valence-electron chi connectivity index (χ1n) is 8.33. The molecule has 1 N–H and O–H groups in total. The van der Waals surface area contributed by atoms with Gasteiger partial charge in [-0.05, 0) is 43.4 Å². The number of nitrogens with zero attached hydrogens (tertiary/aromatic N) is 2. The molecular weight excluding hydrogens is 374 g/mol. The zero-order chi connectivity index (χ0) is 18.7. The molecule has 0 aromatic carbocycles. The molecule has 1 saturated heterocycles. The van der Waals surface area contributed by atoms with E-state index in [1.54, 1.807) is 37.5 Å². The minimum absolute atomic E-state index is 0.0721. The van der Waals surface area contributed by atoms with Crippen molar-refractivity contribution >= 4 is 39.4 Å². The van der Waals surface area contributed by atoms with Crippen molar-refractivity contribution in [3.05, 3.63) is 33.8 Å². The van der Waals surface area contributed by atoms with Crippen molar-refractivity contribution in [1.29, 1.82) is 0 Å². The van der Waals surface area contributed by atoms with Gasteiger partial charge in [0.25, 0.3) is 0 Å². The minimum atomic E-state index is -3.80. The van der Waals surface area contributed by atoms with Crippen LogP contribution in [0.3, 0.4) is 0 Å². The minimum Gasteiger partial charge on any atom is -0.359 e. The van der Waals surface area contributed by atoms with E-state index < -0.39 is 10.0 Å². The molecule has 2 aromatic heterocycles. The standard InChI is InChI=1S/C17H21N3O4S2/c1-12-16(15(24-19-12)8-7-14-6-4-10-25-14)26(22,23)20-9-3-5-13(11-20)17(21)18-2/h4,6-8,10,13H,3,5,9,11H2,1-2H3,(H,18,21)/b8-7+. The fourth-order valence-corrected chi connectivity index (χ4v) is 5.44. The molecule has 1 aliphatic rings. The van der Waals surface area contributed by atoms with Crippen LogP contribution < -0.4 is 5.32 Å². The summed E-state index contributed by atoms with van der Waals surface area (Å²) in [6, 6.07) is 3.84. The van der Waals surface area contributed by atoms with E-state index in [4.69, 9.17) is 4.52 Å². The third-order valence-electron chi connectivity index (χ3n) is 4.37. The van der Waals surface area contributed by atoms with Crippen molar-refractivity contribution in [2.24, 2.45) is 5.92 Å². The third kappa shape index (κ3) is 3.74. The number of sulfonamides is 1. The Bertz CT molecular complexity index is 901. The lowest BCUT2D eigenvalue weighted by Gasteiger charge is -2.30. The van der Waals surface area contributed by atoms with Crippen LogP contribution in [-0.4, -0.2) is 43.9 Å². The molecule has 1 unspecified atom stereocenters. The van der Waals surface area contributed by atoms with Gasteiger partial charge in [-0.15, -0.1) is 11.3 Å². The smallest absolute Gasteiger partial charge is 0.248 e. The van der Waals surface area contributed by atoms with Crippen molar-refractivity contribution in [3.63, 3.8) is 0 Å². The molecular formula is C17H21N3O4S2. The summed E-state index contributed by atoms with van der Waals surface area (Å²) < 4.78 is 33.0. The fraction of sp³-hybridized carbons (Fsp3) is 0.412. The topological polar surface area (TPSA) is 92.5 Å². The Morgan fingerprint density at radius 3 is 2.96 bits per heavy atom. The van der Waals surface area contributed by atoms with Crippen LogP contribution in [-0.2, 0) is 14.8 Å². The molecule has 3 rings (SSSR count). The Balaban J connectivity index is 1.90. The highest BCUT2D eigenvalue weighted by molar-refractivity contribution is 7.89. The lowest BCUT2D eigenvalue weighted by Crippen LogP contribution is -2.44. The van der Waals surface area contributed by atoms with Gasteiger partial charge < -0.3 is 9.84 Å². The van der Waals surface area contributed by atoms with Gasteiger partial charge in [-0.25, -0.2) is 8.42 Å². The third-order valence-corrected chi connectivity index (χ3v) is 7.24. The number of aryl methyl sites for hydroxylation is 1. The molecule has 3 heterocycles. The molecule has 0 bridgehead atoms. The maximum absolute atomic E-state index is 13.2. The van der Waals surface area contributed by atoms with Crippen LogP contribution in [0.2, 0.25) is 0 Å². The normalized spacial score (nSPS) is 19.1. The molecule has 1 amide bonds. The van der Waals surface area contributed by atoms with Gasteiger partial charge in [0, 0.05) is 25.0 Å². The predicted molar refractivity (Wildman–Crippen MR) is 100 cm³/mol. The number of amides is 1. The van der Waals surface area contributed by atoms with E-state index in [-0.39, 0.29) is 29.0 Å². The predicted octanol–water partition coefficient (Wildman–Crippen LogP) is 2.36. The average Bonchev–Trinajstić information content (AvgIpc) is 3.29. The number of carbonyl (C=O) groups excluding carboxylic acids is 1. The summed E-state index contributed by atoms with van der Waals surface area (Å²) in [5.74, 6) is -0.267. The molecule has 0 spiro atoms. The first-order chi connectivity index (χ1) is 12.4. The first-order valence-corrected chi connectivity index (χ1v) is 10.6. The molecule has 0 saturated carbocycles. The molecule has 1 atom stereocenters. The number of hydrogen-bond acceptors (Lipinski definition) is 6. The number of nitrogens with one attached hydrogen (secondary N) is 1. The van der Waals surface area contributed by atoms with E-state index in [0.29, 0.717) is 25.1 Å². The first kappa shape index (κ1) is 18.8. The Labute approximate surface area is 156 Å². The van der Waals surface area contributed by atoms with Gasteiger partial charge in [0.15, 0.2) is 10.7 Å². The van der Waals surface area contributed by atoms with Crippen LogP contribution in [0.5, 0.6) is 0 Å². The van der Waals surface area contributed by atoms with E-state index in [1.807, 2.05) is 17.5 Å². The van der Waals surface area contributed by atoms with Gasteiger partial charge in [0.2, 0.25) is 15.9 Å². The van der Waals surface area contributed by atoms with Crippen molar-refractivity contribution in [3.8, 4) is 0 Å². The Morgan fingerprint density at radius 1 is 1.46 bits per heavy atom. The van der Waals surface area contributed by atoms with E-state index in [0.717, 1.165) is 4.88 Å². The number of piperidine rings is 1. The second-order valence-corrected chi connectivity index (χ2v) is 8.98. The molecule has 1 fully saturated rings. The number of thiophene rings is 1. The molecule has 140 valence electrons. The number of carbonyl (C=O) groups is 1. The molecule has 26 heavy (non-hydrogen) atoms. The monoisotopic (exact) mass is 395 g/mol. The highest BCUT2D eigenvalue weighted by Gasteiger charge is 2.36. The molecule has 1 aliphatic heterocycles. The maximum atomic E-state index is 13.2. The SMILES string of the molecule is CNC(=O)C1CCCN(S(=O)(=O)c2c(C)noc2/C=C/c2cccs2)C1. The van der Waals surface area contributed by atoms with Crippen molar-refractivity contribution in [2.75, 3.05) is 20.1 Å². The molecule has 0 aliphatic carbocycles. The van der Waals surface area contributed by atoms with E-state index in [9.17, 15) is 13.2 Å². The number of rotatable bonds is 5.